The Labute approximate surface area is 180 Å². The maximum atomic E-state index is 12.9. The lowest BCUT2D eigenvalue weighted by atomic mass is 10.1. The van der Waals surface area contributed by atoms with E-state index in [1.165, 1.54) is 0 Å². The van der Waals surface area contributed by atoms with Gasteiger partial charge in [-0.1, -0.05) is 35.5 Å². The summed E-state index contributed by atoms with van der Waals surface area (Å²) in [5.74, 6) is 2.58. The first-order chi connectivity index (χ1) is 15.2. The van der Waals surface area contributed by atoms with Crippen LogP contribution in [0, 0.1) is 0 Å². The molecular formula is C23H24N4O4. The number of ether oxygens (including phenoxy) is 2. The third-order valence-corrected chi connectivity index (χ3v) is 5.56. The van der Waals surface area contributed by atoms with Crippen molar-refractivity contribution in [3.8, 4) is 11.5 Å². The maximum Gasteiger partial charge on any atom is 0.322 e. The SMILES string of the molecule is O=C(Nc1ccc2c(c1)OCCO2)N1CCCC1Cc1noc(Cc2ccccc2)n1. The van der Waals surface area contributed by atoms with Crippen LogP contribution < -0.4 is 14.8 Å². The lowest BCUT2D eigenvalue weighted by molar-refractivity contribution is 0.171. The van der Waals surface area contributed by atoms with Crippen LogP contribution >= 0.6 is 0 Å². The van der Waals surface area contributed by atoms with Crippen molar-refractivity contribution < 1.29 is 18.8 Å². The molecule has 31 heavy (non-hydrogen) atoms. The summed E-state index contributed by atoms with van der Waals surface area (Å²) in [4.78, 5) is 19.3. The first kappa shape index (κ1) is 19.4. The molecule has 0 spiro atoms. The van der Waals surface area contributed by atoms with Crippen molar-refractivity contribution in [2.45, 2.75) is 31.7 Å². The Kier molecular flexibility index (Phi) is 5.43. The topological polar surface area (TPSA) is 89.7 Å². The van der Waals surface area contributed by atoms with Gasteiger partial charge in [0.15, 0.2) is 17.3 Å². The summed E-state index contributed by atoms with van der Waals surface area (Å²) in [7, 11) is 0. The molecule has 0 radical (unpaired) electrons. The number of carbonyl (C=O) groups is 1. The van der Waals surface area contributed by atoms with Crippen LogP contribution in [0.15, 0.2) is 53.1 Å². The van der Waals surface area contributed by atoms with Crippen molar-refractivity contribution in [1.82, 2.24) is 15.0 Å². The average Bonchev–Trinajstić information content (AvgIpc) is 3.44. The molecule has 8 nitrogen and oxygen atoms in total. The van der Waals surface area contributed by atoms with E-state index in [2.05, 4.69) is 15.5 Å². The fourth-order valence-electron chi connectivity index (χ4n) is 4.06. The van der Waals surface area contributed by atoms with Crippen molar-refractivity contribution in [2.75, 3.05) is 25.1 Å². The third kappa shape index (κ3) is 4.47. The number of carbonyl (C=O) groups excluding carboxylic acids is 1. The molecular weight excluding hydrogens is 396 g/mol. The second kappa shape index (κ2) is 8.67. The zero-order chi connectivity index (χ0) is 21.0. The predicted octanol–water partition coefficient (Wildman–Crippen LogP) is 3.67. The number of amides is 2. The van der Waals surface area contributed by atoms with Gasteiger partial charge in [0.1, 0.15) is 13.2 Å². The fraction of sp³-hybridized carbons (Fsp3) is 0.348. The molecule has 0 saturated carbocycles. The first-order valence-corrected chi connectivity index (χ1v) is 10.6. The molecule has 2 aliphatic rings. The molecule has 1 saturated heterocycles. The highest BCUT2D eigenvalue weighted by Crippen LogP contribution is 2.33. The monoisotopic (exact) mass is 420 g/mol. The third-order valence-electron chi connectivity index (χ3n) is 5.56. The summed E-state index contributed by atoms with van der Waals surface area (Å²) >= 11 is 0. The fourth-order valence-corrected chi connectivity index (χ4v) is 4.06. The lowest BCUT2D eigenvalue weighted by Gasteiger charge is -2.24. The molecule has 0 bridgehead atoms. The Morgan fingerprint density at radius 1 is 1.10 bits per heavy atom. The molecule has 3 heterocycles. The van der Waals surface area contributed by atoms with Gasteiger partial charge in [-0.2, -0.15) is 4.98 Å². The van der Waals surface area contributed by atoms with Crippen LogP contribution in [0.2, 0.25) is 0 Å². The molecule has 2 amide bonds. The number of hydrogen-bond donors (Lipinski definition) is 1. The van der Waals surface area contributed by atoms with Gasteiger partial charge < -0.3 is 24.2 Å². The number of benzene rings is 2. The van der Waals surface area contributed by atoms with Crippen molar-refractivity contribution in [2.24, 2.45) is 0 Å². The van der Waals surface area contributed by atoms with E-state index in [1.807, 2.05) is 47.4 Å². The zero-order valence-corrected chi connectivity index (χ0v) is 17.1. The van der Waals surface area contributed by atoms with Crippen LogP contribution in [0.4, 0.5) is 10.5 Å². The first-order valence-electron chi connectivity index (χ1n) is 10.6. The number of hydrogen-bond acceptors (Lipinski definition) is 6. The summed E-state index contributed by atoms with van der Waals surface area (Å²) in [6.07, 6.45) is 3.05. The standard InChI is InChI=1S/C23H24N4O4/c28-23(24-17-8-9-19-20(14-17)30-12-11-29-19)27-10-4-7-18(27)15-21-25-22(31-26-21)13-16-5-2-1-3-6-16/h1-3,5-6,8-9,14,18H,4,7,10-13,15H2,(H,24,28). The Bertz CT molecular complexity index is 1050. The second-order valence-electron chi connectivity index (χ2n) is 7.75. The molecule has 1 N–H and O–H groups in total. The van der Waals surface area contributed by atoms with Gasteiger partial charge in [-0.3, -0.25) is 0 Å². The minimum atomic E-state index is -0.132. The average molecular weight is 420 g/mol. The molecule has 1 aromatic heterocycles. The Balaban J connectivity index is 1.21. The van der Waals surface area contributed by atoms with E-state index in [-0.39, 0.29) is 12.1 Å². The van der Waals surface area contributed by atoms with E-state index in [0.29, 0.717) is 61.5 Å². The van der Waals surface area contributed by atoms with E-state index in [4.69, 9.17) is 14.0 Å². The van der Waals surface area contributed by atoms with Crippen molar-refractivity contribution >= 4 is 11.7 Å². The number of anilines is 1. The van der Waals surface area contributed by atoms with E-state index in [0.717, 1.165) is 18.4 Å². The van der Waals surface area contributed by atoms with Crippen LogP contribution in [0.25, 0.3) is 0 Å². The van der Waals surface area contributed by atoms with E-state index < -0.39 is 0 Å². The molecule has 0 aliphatic carbocycles. The Morgan fingerprint density at radius 3 is 2.81 bits per heavy atom. The van der Waals surface area contributed by atoms with Gasteiger partial charge >= 0.3 is 6.03 Å². The molecule has 2 aliphatic heterocycles. The second-order valence-corrected chi connectivity index (χ2v) is 7.75. The van der Waals surface area contributed by atoms with Crippen LogP contribution in [0.1, 0.15) is 30.1 Å². The molecule has 160 valence electrons. The predicted molar refractivity (Wildman–Crippen MR) is 113 cm³/mol. The van der Waals surface area contributed by atoms with Gasteiger partial charge in [0.05, 0.1) is 6.42 Å². The normalized spacial score (nSPS) is 17.5. The molecule has 1 atom stereocenters. The molecule has 3 aromatic rings. The van der Waals surface area contributed by atoms with Crippen molar-refractivity contribution in [3.05, 3.63) is 65.8 Å². The summed E-state index contributed by atoms with van der Waals surface area (Å²) in [6.45, 7) is 1.75. The van der Waals surface area contributed by atoms with Crippen LogP contribution in [-0.2, 0) is 12.8 Å². The van der Waals surface area contributed by atoms with Gasteiger partial charge in [0, 0.05) is 30.8 Å². The van der Waals surface area contributed by atoms with Crippen LogP contribution in [-0.4, -0.2) is 46.9 Å². The van der Waals surface area contributed by atoms with Crippen LogP contribution in [0.3, 0.4) is 0 Å². The van der Waals surface area contributed by atoms with E-state index >= 15 is 0 Å². The summed E-state index contributed by atoms with van der Waals surface area (Å²) in [6, 6.07) is 15.4. The van der Waals surface area contributed by atoms with E-state index in [9.17, 15) is 4.79 Å². The number of nitrogens with one attached hydrogen (secondary N) is 1. The van der Waals surface area contributed by atoms with Gasteiger partial charge in [0.25, 0.3) is 0 Å². The summed E-state index contributed by atoms with van der Waals surface area (Å²) in [5, 5.41) is 7.10. The largest absolute Gasteiger partial charge is 0.486 e. The minimum Gasteiger partial charge on any atom is -0.486 e. The summed E-state index contributed by atoms with van der Waals surface area (Å²) < 4.78 is 16.6. The highest BCUT2D eigenvalue weighted by Gasteiger charge is 2.30. The number of aromatic nitrogens is 2. The molecule has 8 heteroatoms. The van der Waals surface area contributed by atoms with Crippen molar-refractivity contribution in [1.29, 1.82) is 0 Å². The molecule has 2 aromatic carbocycles. The zero-order valence-electron chi connectivity index (χ0n) is 17.1. The van der Waals surface area contributed by atoms with E-state index in [1.54, 1.807) is 6.07 Å². The number of nitrogens with zero attached hydrogens (tertiary/aromatic N) is 3. The minimum absolute atomic E-state index is 0.0411. The number of urea groups is 1. The molecule has 5 rings (SSSR count). The highest BCUT2D eigenvalue weighted by molar-refractivity contribution is 5.90. The van der Waals surface area contributed by atoms with Crippen molar-refractivity contribution in [3.63, 3.8) is 0 Å². The Hall–Kier alpha value is -3.55. The van der Waals surface area contributed by atoms with Gasteiger partial charge in [-0.15, -0.1) is 0 Å². The number of likely N-dealkylation sites (tertiary alicyclic amines) is 1. The van der Waals surface area contributed by atoms with Gasteiger partial charge in [-0.25, -0.2) is 4.79 Å². The van der Waals surface area contributed by atoms with Gasteiger partial charge in [0.2, 0.25) is 5.89 Å². The number of fused-ring (bicyclic) bond motifs is 1. The lowest BCUT2D eigenvalue weighted by Crippen LogP contribution is -2.40. The Morgan fingerprint density at radius 2 is 1.94 bits per heavy atom. The quantitative estimate of drug-likeness (QED) is 0.677. The highest BCUT2D eigenvalue weighted by atomic mass is 16.6. The molecule has 1 fully saturated rings. The number of rotatable bonds is 5. The summed E-state index contributed by atoms with van der Waals surface area (Å²) in [5.41, 5.74) is 1.81. The van der Waals surface area contributed by atoms with Gasteiger partial charge in [-0.05, 0) is 30.5 Å². The smallest absolute Gasteiger partial charge is 0.322 e. The molecule has 1 unspecified atom stereocenters. The maximum absolute atomic E-state index is 12.9. The van der Waals surface area contributed by atoms with Crippen LogP contribution in [0.5, 0.6) is 11.5 Å².